The number of nitrogens with zero attached hydrogens (tertiary/aromatic N) is 1. The third-order valence-electron chi connectivity index (χ3n) is 12.5. The van der Waals surface area contributed by atoms with Gasteiger partial charge in [-0.1, -0.05) is 125 Å². The molecule has 0 radical (unpaired) electrons. The maximum Gasteiger partial charge on any atom is 0.494 e. The van der Waals surface area contributed by atoms with Gasteiger partial charge < -0.3 is 14.2 Å². The van der Waals surface area contributed by atoms with Crippen LogP contribution in [0.1, 0.15) is 77.6 Å². The highest BCUT2D eigenvalue weighted by Crippen LogP contribution is 2.53. The van der Waals surface area contributed by atoms with Crippen LogP contribution in [0.4, 0.5) is 17.1 Å². The van der Waals surface area contributed by atoms with Gasteiger partial charge in [0.05, 0.1) is 11.2 Å². The van der Waals surface area contributed by atoms with Crippen LogP contribution in [0.3, 0.4) is 0 Å². The highest BCUT2D eigenvalue weighted by Gasteiger charge is 2.52. The SMILES string of the molecule is CC1(C)c2ccccc2-c2ccc(N(c3ccc(-c4ccccc4)cc3)c3ccc4c(c3)C(C)(C)c3cc(B5OC(C)(C)C(C)(C)O5)ccc3-4)cc21. The minimum Gasteiger partial charge on any atom is -0.399 e. The molecule has 6 aromatic rings. The van der Waals surface area contributed by atoms with E-state index in [4.69, 9.17) is 9.31 Å². The summed E-state index contributed by atoms with van der Waals surface area (Å²) in [7, 11) is -0.394. The molecule has 1 saturated heterocycles. The van der Waals surface area contributed by atoms with Crippen LogP contribution in [0.15, 0.2) is 133 Å². The highest BCUT2D eigenvalue weighted by molar-refractivity contribution is 6.62. The zero-order valence-electron chi connectivity index (χ0n) is 31.5. The first kappa shape index (κ1) is 33.0. The average Bonchev–Trinajstić information content (AvgIpc) is 3.61. The van der Waals surface area contributed by atoms with E-state index >= 15 is 0 Å². The molecule has 0 amide bonds. The van der Waals surface area contributed by atoms with Crippen LogP contribution in [0, 0.1) is 0 Å². The minimum absolute atomic E-state index is 0.0960. The molecule has 0 aromatic heterocycles. The van der Waals surface area contributed by atoms with Gasteiger partial charge in [-0.2, -0.15) is 0 Å². The van der Waals surface area contributed by atoms with E-state index in [2.05, 4.69) is 194 Å². The Morgan fingerprint density at radius 2 is 0.846 bits per heavy atom. The van der Waals surface area contributed by atoms with E-state index < -0.39 is 7.12 Å². The molecule has 1 fully saturated rings. The topological polar surface area (TPSA) is 21.7 Å². The Morgan fingerprint density at radius 1 is 0.404 bits per heavy atom. The van der Waals surface area contributed by atoms with Gasteiger partial charge in [-0.05, 0) is 125 Å². The van der Waals surface area contributed by atoms with Crippen LogP contribution in [-0.2, 0) is 20.1 Å². The molecule has 1 heterocycles. The number of rotatable bonds is 5. The molecule has 4 heteroatoms. The molecule has 9 rings (SSSR count). The molecule has 2 aliphatic carbocycles. The van der Waals surface area contributed by atoms with E-state index in [9.17, 15) is 0 Å². The third-order valence-corrected chi connectivity index (χ3v) is 12.5. The molecule has 3 aliphatic rings. The second-order valence-corrected chi connectivity index (χ2v) is 16.9. The van der Waals surface area contributed by atoms with Gasteiger partial charge >= 0.3 is 7.12 Å². The zero-order chi connectivity index (χ0) is 36.2. The Morgan fingerprint density at radius 3 is 1.44 bits per heavy atom. The summed E-state index contributed by atoms with van der Waals surface area (Å²) in [6.07, 6.45) is 0. The lowest BCUT2D eigenvalue weighted by atomic mass is 9.74. The molecule has 0 atom stereocenters. The fraction of sp³-hybridized carbons (Fsp3) is 0.250. The van der Waals surface area contributed by atoms with Crippen molar-refractivity contribution in [2.45, 2.75) is 77.4 Å². The van der Waals surface area contributed by atoms with E-state index in [1.165, 1.54) is 55.6 Å². The van der Waals surface area contributed by atoms with E-state index in [1.807, 2.05) is 0 Å². The van der Waals surface area contributed by atoms with Gasteiger partial charge in [-0.3, -0.25) is 0 Å². The fourth-order valence-corrected chi connectivity index (χ4v) is 8.72. The molecular formula is C48H46BNO2. The molecule has 0 N–H and O–H groups in total. The van der Waals surface area contributed by atoms with Crippen molar-refractivity contribution in [1.82, 2.24) is 0 Å². The summed E-state index contributed by atoms with van der Waals surface area (Å²) in [6.45, 7) is 17.9. The maximum atomic E-state index is 6.48. The van der Waals surface area contributed by atoms with Crippen molar-refractivity contribution in [1.29, 1.82) is 0 Å². The smallest absolute Gasteiger partial charge is 0.399 e. The fourth-order valence-electron chi connectivity index (χ4n) is 8.72. The maximum absolute atomic E-state index is 6.48. The third kappa shape index (κ3) is 4.88. The van der Waals surface area contributed by atoms with Crippen LogP contribution in [0.2, 0.25) is 0 Å². The standard InChI is InChI=1S/C48H46BNO2/c1-45(2)41-17-13-12-16-37(41)39-26-23-35(29-43(39)45)50(34-21-18-32(19-22-34)31-14-10-9-11-15-31)36-24-27-40-38-25-20-33(28-42(38)46(3,4)44(40)30-36)49-51-47(5,6)48(7,8)52-49/h9-30H,1-8H3. The molecule has 258 valence electrons. The second-order valence-electron chi connectivity index (χ2n) is 16.9. The Bertz CT molecular complexity index is 2360. The molecule has 6 aromatic carbocycles. The van der Waals surface area contributed by atoms with Crippen molar-refractivity contribution in [2.75, 3.05) is 4.90 Å². The first-order chi connectivity index (χ1) is 24.8. The molecule has 52 heavy (non-hydrogen) atoms. The Balaban J connectivity index is 1.15. The monoisotopic (exact) mass is 679 g/mol. The van der Waals surface area contributed by atoms with E-state index in [0.29, 0.717) is 0 Å². The first-order valence-electron chi connectivity index (χ1n) is 18.6. The molecule has 0 bridgehead atoms. The predicted octanol–water partition coefficient (Wildman–Crippen LogP) is 11.7. The normalized spacial score (nSPS) is 18.0. The summed E-state index contributed by atoms with van der Waals surface area (Å²) < 4.78 is 13.0. The van der Waals surface area contributed by atoms with Crippen LogP contribution >= 0.6 is 0 Å². The lowest BCUT2D eigenvalue weighted by Crippen LogP contribution is -2.41. The largest absolute Gasteiger partial charge is 0.494 e. The molecule has 0 unspecified atom stereocenters. The van der Waals surface area contributed by atoms with Crippen LogP contribution in [0.5, 0.6) is 0 Å². The van der Waals surface area contributed by atoms with Crippen LogP contribution in [0.25, 0.3) is 33.4 Å². The van der Waals surface area contributed by atoms with Gasteiger partial charge in [0.2, 0.25) is 0 Å². The van der Waals surface area contributed by atoms with Crippen molar-refractivity contribution < 1.29 is 9.31 Å². The minimum atomic E-state index is -0.394. The van der Waals surface area contributed by atoms with Crippen molar-refractivity contribution in [3.05, 3.63) is 156 Å². The summed E-state index contributed by atoms with van der Waals surface area (Å²) in [5, 5.41) is 0. The van der Waals surface area contributed by atoms with Gasteiger partial charge in [0.1, 0.15) is 0 Å². The van der Waals surface area contributed by atoms with E-state index in [1.54, 1.807) is 0 Å². The predicted molar refractivity (Wildman–Crippen MR) is 217 cm³/mol. The number of hydrogen-bond donors (Lipinski definition) is 0. The number of benzene rings is 6. The van der Waals surface area contributed by atoms with Crippen molar-refractivity contribution in [2.24, 2.45) is 0 Å². The van der Waals surface area contributed by atoms with Gasteiger partial charge in [-0.15, -0.1) is 0 Å². The number of fused-ring (bicyclic) bond motifs is 6. The van der Waals surface area contributed by atoms with E-state index in [-0.39, 0.29) is 22.0 Å². The Labute approximate surface area is 309 Å². The Kier molecular flexibility index (Phi) is 7.17. The Hall–Kier alpha value is -4.90. The average molecular weight is 680 g/mol. The summed E-state index contributed by atoms with van der Waals surface area (Å²) in [4.78, 5) is 2.43. The van der Waals surface area contributed by atoms with Gasteiger partial charge in [-0.25, -0.2) is 0 Å². The summed E-state index contributed by atoms with van der Waals surface area (Å²) in [6, 6.07) is 49.4. The molecular weight excluding hydrogens is 633 g/mol. The first-order valence-corrected chi connectivity index (χ1v) is 18.6. The second kappa shape index (κ2) is 11.3. The molecule has 3 nitrogen and oxygen atoms in total. The van der Waals surface area contributed by atoms with Gasteiger partial charge in [0.15, 0.2) is 0 Å². The number of hydrogen-bond acceptors (Lipinski definition) is 3. The molecule has 0 spiro atoms. The number of anilines is 3. The van der Waals surface area contributed by atoms with Crippen LogP contribution in [-0.4, -0.2) is 18.3 Å². The lowest BCUT2D eigenvalue weighted by molar-refractivity contribution is 0.00578. The lowest BCUT2D eigenvalue weighted by Gasteiger charge is -2.32. The van der Waals surface area contributed by atoms with Crippen molar-refractivity contribution in [3.63, 3.8) is 0 Å². The van der Waals surface area contributed by atoms with Gasteiger partial charge in [0, 0.05) is 27.9 Å². The van der Waals surface area contributed by atoms with Crippen molar-refractivity contribution in [3.8, 4) is 33.4 Å². The van der Waals surface area contributed by atoms with E-state index in [0.717, 1.165) is 22.5 Å². The summed E-state index contributed by atoms with van der Waals surface area (Å²) >= 11 is 0. The van der Waals surface area contributed by atoms with Gasteiger partial charge in [0.25, 0.3) is 0 Å². The zero-order valence-corrected chi connectivity index (χ0v) is 31.5. The van der Waals surface area contributed by atoms with Crippen LogP contribution < -0.4 is 10.4 Å². The van der Waals surface area contributed by atoms with Crippen molar-refractivity contribution >= 4 is 29.6 Å². The highest BCUT2D eigenvalue weighted by atomic mass is 16.7. The summed E-state index contributed by atoms with van der Waals surface area (Å²) in [5.41, 5.74) is 16.4. The molecule has 1 aliphatic heterocycles. The quantitative estimate of drug-likeness (QED) is 0.169. The summed E-state index contributed by atoms with van der Waals surface area (Å²) in [5.74, 6) is 0. The molecule has 0 saturated carbocycles.